The van der Waals surface area contributed by atoms with Crippen LogP contribution in [0.15, 0.2) is 17.5 Å². The highest BCUT2D eigenvalue weighted by molar-refractivity contribution is 7.09. The largest absolute Gasteiger partial charge is 0.388 e. The van der Waals surface area contributed by atoms with Gasteiger partial charge in [-0.3, -0.25) is 0 Å². The van der Waals surface area contributed by atoms with Crippen molar-refractivity contribution in [1.29, 1.82) is 0 Å². The Balaban J connectivity index is 1.90. The van der Waals surface area contributed by atoms with Gasteiger partial charge in [0.05, 0.1) is 11.0 Å². The SMILES string of the molecule is C[C@H](O)C[NH2+]CC[NH2+]Cc1cccs1. The molecule has 0 bridgehead atoms. The number of nitrogens with two attached hydrogens (primary N) is 2. The Morgan fingerprint density at radius 3 is 2.86 bits per heavy atom. The molecule has 0 amide bonds. The van der Waals surface area contributed by atoms with Crippen LogP contribution in [0, 0.1) is 0 Å². The monoisotopic (exact) mass is 216 g/mol. The molecule has 80 valence electrons. The van der Waals surface area contributed by atoms with Crippen LogP contribution in [-0.4, -0.2) is 30.8 Å². The van der Waals surface area contributed by atoms with E-state index in [0.29, 0.717) is 0 Å². The molecule has 5 N–H and O–H groups in total. The van der Waals surface area contributed by atoms with Gasteiger partial charge in [-0.25, -0.2) is 0 Å². The second-order valence-corrected chi connectivity index (χ2v) is 4.56. The first-order valence-electron chi connectivity index (χ1n) is 5.13. The lowest BCUT2D eigenvalue weighted by atomic mass is 10.4. The topological polar surface area (TPSA) is 53.5 Å². The quantitative estimate of drug-likeness (QED) is 0.491. The minimum Gasteiger partial charge on any atom is -0.388 e. The highest BCUT2D eigenvalue weighted by Crippen LogP contribution is 2.05. The average Bonchev–Trinajstić information content (AvgIpc) is 2.63. The van der Waals surface area contributed by atoms with Gasteiger partial charge in [0, 0.05) is 0 Å². The van der Waals surface area contributed by atoms with Crippen LogP contribution in [0.2, 0.25) is 0 Å². The molecule has 3 nitrogen and oxygen atoms in total. The predicted octanol–water partition coefficient (Wildman–Crippen LogP) is -1.24. The van der Waals surface area contributed by atoms with Crippen LogP contribution in [-0.2, 0) is 6.54 Å². The van der Waals surface area contributed by atoms with Crippen molar-refractivity contribution in [3.8, 4) is 0 Å². The maximum Gasteiger partial charge on any atom is 0.126 e. The summed E-state index contributed by atoms with van der Waals surface area (Å²) >= 11 is 1.81. The van der Waals surface area contributed by atoms with Gasteiger partial charge in [-0.15, -0.1) is 11.3 Å². The lowest BCUT2D eigenvalue weighted by Crippen LogP contribution is -2.95. The molecule has 0 aromatic carbocycles. The molecule has 0 aliphatic heterocycles. The first-order valence-corrected chi connectivity index (χ1v) is 6.01. The summed E-state index contributed by atoms with van der Waals surface area (Å²) in [4.78, 5) is 1.43. The van der Waals surface area contributed by atoms with Crippen molar-refractivity contribution in [2.24, 2.45) is 0 Å². The fourth-order valence-corrected chi connectivity index (χ4v) is 1.97. The first kappa shape index (κ1) is 11.7. The smallest absolute Gasteiger partial charge is 0.126 e. The van der Waals surface area contributed by atoms with Crippen LogP contribution in [0.5, 0.6) is 0 Å². The second kappa shape index (κ2) is 6.95. The Kier molecular flexibility index (Phi) is 5.78. The molecule has 1 atom stereocenters. The van der Waals surface area contributed by atoms with Crippen LogP contribution in [0.25, 0.3) is 0 Å². The number of thiophene rings is 1. The standard InChI is InChI=1S/C10H18N2OS/c1-9(13)7-11-4-5-12-8-10-3-2-6-14-10/h2-3,6,9,11-13H,4-5,7-8H2,1H3/p+2/t9-/m0/s1. The summed E-state index contributed by atoms with van der Waals surface area (Å²) < 4.78 is 0. The molecule has 0 radical (unpaired) electrons. The van der Waals surface area contributed by atoms with Crippen LogP contribution in [0.4, 0.5) is 0 Å². The van der Waals surface area contributed by atoms with Crippen LogP contribution in [0.3, 0.4) is 0 Å². The number of hydrogen-bond donors (Lipinski definition) is 3. The molecule has 4 heteroatoms. The van der Waals surface area contributed by atoms with Crippen LogP contribution in [0.1, 0.15) is 11.8 Å². The molecule has 1 heterocycles. The van der Waals surface area contributed by atoms with Crippen molar-refractivity contribution in [3.05, 3.63) is 22.4 Å². The Labute approximate surface area is 89.2 Å². The molecule has 1 aromatic rings. The van der Waals surface area contributed by atoms with E-state index in [1.165, 1.54) is 4.88 Å². The highest BCUT2D eigenvalue weighted by atomic mass is 32.1. The number of hydrogen-bond acceptors (Lipinski definition) is 2. The zero-order chi connectivity index (χ0) is 10.2. The van der Waals surface area contributed by atoms with Crippen molar-refractivity contribution < 1.29 is 15.7 Å². The zero-order valence-corrected chi connectivity index (χ0v) is 9.46. The minimum atomic E-state index is -0.188. The molecule has 0 aliphatic carbocycles. The van der Waals surface area contributed by atoms with Crippen molar-refractivity contribution >= 4 is 11.3 Å². The van der Waals surface area contributed by atoms with Gasteiger partial charge in [0.25, 0.3) is 0 Å². The second-order valence-electron chi connectivity index (χ2n) is 3.52. The number of aliphatic hydroxyl groups excluding tert-OH is 1. The Hall–Kier alpha value is -0.420. The number of rotatable bonds is 7. The number of quaternary nitrogens is 2. The number of aliphatic hydroxyl groups is 1. The van der Waals surface area contributed by atoms with E-state index >= 15 is 0 Å². The molecule has 1 rings (SSSR count). The van der Waals surface area contributed by atoms with Crippen LogP contribution >= 0.6 is 11.3 Å². The summed E-state index contributed by atoms with van der Waals surface area (Å²) in [5.74, 6) is 0. The highest BCUT2D eigenvalue weighted by Gasteiger charge is 1.99. The molecular weight excluding hydrogens is 196 g/mol. The Morgan fingerprint density at radius 1 is 1.43 bits per heavy atom. The molecule has 0 saturated carbocycles. The van der Waals surface area contributed by atoms with E-state index in [9.17, 15) is 0 Å². The summed E-state index contributed by atoms with van der Waals surface area (Å²) in [7, 11) is 0. The summed E-state index contributed by atoms with van der Waals surface area (Å²) in [5, 5.41) is 15.6. The maximum absolute atomic E-state index is 9.02. The fourth-order valence-electron chi connectivity index (χ4n) is 1.27. The van der Waals surface area contributed by atoms with E-state index in [4.69, 9.17) is 5.11 Å². The molecule has 0 aliphatic rings. The van der Waals surface area contributed by atoms with Gasteiger partial charge in [0.1, 0.15) is 26.2 Å². The van der Waals surface area contributed by atoms with Crippen molar-refractivity contribution in [2.75, 3.05) is 19.6 Å². The van der Waals surface area contributed by atoms with E-state index in [1.54, 1.807) is 0 Å². The van der Waals surface area contributed by atoms with Gasteiger partial charge in [-0.05, 0) is 18.4 Å². The first-order chi connectivity index (χ1) is 6.79. The van der Waals surface area contributed by atoms with Crippen molar-refractivity contribution in [3.63, 3.8) is 0 Å². The third-order valence-electron chi connectivity index (χ3n) is 2.01. The van der Waals surface area contributed by atoms with Gasteiger partial charge in [-0.2, -0.15) is 0 Å². The molecule has 0 saturated heterocycles. The van der Waals surface area contributed by atoms with Crippen molar-refractivity contribution in [2.45, 2.75) is 19.6 Å². The summed E-state index contributed by atoms with van der Waals surface area (Å²) in [5.41, 5.74) is 0. The van der Waals surface area contributed by atoms with Gasteiger partial charge >= 0.3 is 0 Å². The van der Waals surface area contributed by atoms with Crippen LogP contribution < -0.4 is 10.6 Å². The third-order valence-corrected chi connectivity index (χ3v) is 2.91. The van der Waals surface area contributed by atoms with E-state index in [-0.39, 0.29) is 6.10 Å². The fraction of sp³-hybridized carbons (Fsp3) is 0.600. The zero-order valence-electron chi connectivity index (χ0n) is 8.65. The summed E-state index contributed by atoms with van der Waals surface area (Å²) in [6, 6.07) is 4.26. The molecule has 0 fully saturated rings. The molecule has 0 spiro atoms. The van der Waals surface area contributed by atoms with E-state index in [2.05, 4.69) is 28.1 Å². The Morgan fingerprint density at radius 2 is 2.21 bits per heavy atom. The predicted molar refractivity (Wildman–Crippen MR) is 58.2 cm³/mol. The summed E-state index contributed by atoms with van der Waals surface area (Å²) in [6.45, 7) is 5.92. The Bertz CT molecular complexity index is 224. The normalized spacial score (nSPS) is 13.0. The minimum absolute atomic E-state index is 0.188. The third kappa shape index (κ3) is 5.34. The molecular formula is C10H20N2OS+2. The van der Waals surface area contributed by atoms with E-state index in [0.717, 1.165) is 26.2 Å². The van der Waals surface area contributed by atoms with Crippen molar-refractivity contribution in [1.82, 2.24) is 0 Å². The lowest BCUT2D eigenvalue weighted by Gasteiger charge is -2.02. The van der Waals surface area contributed by atoms with Gasteiger partial charge in [0.2, 0.25) is 0 Å². The van der Waals surface area contributed by atoms with E-state index < -0.39 is 0 Å². The molecule has 1 aromatic heterocycles. The van der Waals surface area contributed by atoms with Gasteiger partial charge < -0.3 is 15.7 Å². The van der Waals surface area contributed by atoms with E-state index in [1.807, 2.05) is 18.3 Å². The summed E-state index contributed by atoms with van der Waals surface area (Å²) in [6.07, 6.45) is -0.188. The molecule has 0 unspecified atom stereocenters. The average molecular weight is 216 g/mol. The van der Waals surface area contributed by atoms with Gasteiger partial charge in [0.15, 0.2) is 0 Å². The maximum atomic E-state index is 9.02. The molecule has 14 heavy (non-hydrogen) atoms. The lowest BCUT2D eigenvalue weighted by molar-refractivity contribution is -0.732. The van der Waals surface area contributed by atoms with Gasteiger partial charge in [-0.1, -0.05) is 6.07 Å².